The third-order valence-corrected chi connectivity index (χ3v) is 3.68. The summed E-state index contributed by atoms with van der Waals surface area (Å²) in [5.74, 6) is -0.239. The summed E-state index contributed by atoms with van der Waals surface area (Å²) in [6.45, 7) is 7.09. The Bertz CT molecular complexity index is 520. The van der Waals surface area contributed by atoms with Crippen LogP contribution in [0, 0.1) is 12.8 Å². The minimum absolute atomic E-state index is 0. The van der Waals surface area contributed by atoms with Crippen LogP contribution in [0.3, 0.4) is 0 Å². The van der Waals surface area contributed by atoms with E-state index in [9.17, 15) is 9.59 Å². The number of likely N-dealkylation sites (N-methyl/N-ethyl adjacent to an activating group) is 2. The van der Waals surface area contributed by atoms with Gasteiger partial charge >= 0.3 is 0 Å². The van der Waals surface area contributed by atoms with Gasteiger partial charge in [0, 0.05) is 25.7 Å². The monoisotopic (exact) mass is 341 g/mol. The molecule has 0 aliphatic heterocycles. The van der Waals surface area contributed by atoms with Crippen molar-refractivity contribution in [2.24, 2.45) is 5.92 Å². The summed E-state index contributed by atoms with van der Waals surface area (Å²) in [6, 6.07) is 6.86. The van der Waals surface area contributed by atoms with E-state index in [-0.39, 0.29) is 30.1 Å². The molecule has 5 nitrogen and oxygen atoms in total. The molecule has 1 aromatic rings. The first-order valence-electron chi connectivity index (χ1n) is 7.64. The number of amides is 2. The number of aryl methyl sites for hydroxylation is 1. The Morgan fingerprint density at radius 2 is 1.83 bits per heavy atom. The van der Waals surface area contributed by atoms with Crippen molar-refractivity contribution in [1.82, 2.24) is 15.5 Å². The van der Waals surface area contributed by atoms with Crippen LogP contribution in [0.25, 0.3) is 0 Å². The SMILES string of the molecule is CNCCN(C)C(=O)C(NC(=O)c1ccccc1C)C(C)C.Cl. The molecule has 0 radical (unpaired) electrons. The Kier molecular flexibility index (Phi) is 9.53. The summed E-state index contributed by atoms with van der Waals surface area (Å²) in [6.07, 6.45) is 0. The number of carbonyl (C=O) groups excluding carboxylic acids is 2. The highest BCUT2D eigenvalue weighted by molar-refractivity contribution is 5.98. The summed E-state index contributed by atoms with van der Waals surface area (Å²) in [5.41, 5.74) is 1.51. The van der Waals surface area contributed by atoms with E-state index in [1.165, 1.54) is 0 Å². The molecule has 0 aliphatic rings. The smallest absolute Gasteiger partial charge is 0.252 e. The van der Waals surface area contributed by atoms with Crippen molar-refractivity contribution in [2.75, 3.05) is 27.2 Å². The predicted octanol–water partition coefficient (Wildman–Crippen LogP) is 1.85. The van der Waals surface area contributed by atoms with Crippen molar-refractivity contribution in [3.05, 3.63) is 35.4 Å². The number of nitrogens with zero attached hydrogens (tertiary/aromatic N) is 1. The van der Waals surface area contributed by atoms with E-state index in [2.05, 4.69) is 10.6 Å². The quantitative estimate of drug-likeness (QED) is 0.795. The van der Waals surface area contributed by atoms with Gasteiger partial charge in [0.05, 0.1) is 0 Å². The van der Waals surface area contributed by atoms with Crippen LogP contribution in [0.5, 0.6) is 0 Å². The number of nitrogens with one attached hydrogen (secondary N) is 2. The van der Waals surface area contributed by atoms with Gasteiger partial charge in [-0.05, 0) is 31.5 Å². The predicted molar refractivity (Wildman–Crippen MR) is 96.1 cm³/mol. The molecule has 0 saturated carbocycles. The first-order valence-corrected chi connectivity index (χ1v) is 7.64. The Balaban J connectivity index is 0.00000484. The molecule has 2 amide bonds. The first kappa shape index (κ1) is 21.4. The maximum atomic E-state index is 12.5. The Labute approximate surface area is 145 Å². The summed E-state index contributed by atoms with van der Waals surface area (Å²) < 4.78 is 0. The summed E-state index contributed by atoms with van der Waals surface area (Å²) >= 11 is 0. The van der Waals surface area contributed by atoms with Crippen LogP contribution in [0.2, 0.25) is 0 Å². The van der Waals surface area contributed by atoms with Crippen molar-refractivity contribution in [1.29, 1.82) is 0 Å². The molecular formula is C17H28ClN3O2. The van der Waals surface area contributed by atoms with Crippen LogP contribution in [0.1, 0.15) is 29.8 Å². The largest absolute Gasteiger partial charge is 0.343 e. The molecule has 1 aromatic carbocycles. The van der Waals surface area contributed by atoms with Gasteiger partial charge in [0.15, 0.2) is 0 Å². The van der Waals surface area contributed by atoms with Crippen LogP contribution in [0.15, 0.2) is 24.3 Å². The number of carbonyl (C=O) groups is 2. The fraction of sp³-hybridized carbons (Fsp3) is 0.529. The third kappa shape index (κ3) is 6.20. The molecule has 130 valence electrons. The molecule has 0 aliphatic carbocycles. The van der Waals surface area contributed by atoms with Crippen molar-refractivity contribution in [3.63, 3.8) is 0 Å². The minimum Gasteiger partial charge on any atom is -0.343 e. The van der Waals surface area contributed by atoms with E-state index in [1.807, 2.05) is 46.0 Å². The molecule has 0 bridgehead atoms. The number of halogens is 1. The molecule has 1 rings (SSSR count). The summed E-state index contributed by atoms with van der Waals surface area (Å²) in [4.78, 5) is 26.6. The zero-order valence-electron chi connectivity index (χ0n) is 14.6. The number of hydrogen-bond donors (Lipinski definition) is 2. The third-order valence-electron chi connectivity index (χ3n) is 3.68. The van der Waals surface area contributed by atoms with E-state index in [4.69, 9.17) is 0 Å². The maximum Gasteiger partial charge on any atom is 0.252 e. The van der Waals surface area contributed by atoms with Gasteiger partial charge in [-0.3, -0.25) is 9.59 Å². The van der Waals surface area contributed by atoms with Crippen LogP contribution in [-0.4, -0.2) is 49.9 Å². The lowest BCUT2D eigenvalue weighted by molar-refractivity contribution is -0.132. The van der Waals surface area contributed by atoms with E-state index in [0.29, 0.717) is 12.1 Å². The molecule has 6 heteroatoms. The average molecular weight is 342 g/mol. The second-order valence-electron chi connectivity index (χ2n) is 5.87. The van der Waals surface area contributed by atoms with Gasteiger partial charge in [0.25, 0.3) is 5.91 Å². The highest BCUT2D eigenvalue weighted by atomic mass is 35.5. The summed E-state index contributed by atoms with van der Waals surface area (Å²) in [5, 5.41) is 5.89. The van der Waals surface area contributed by atoms with E-state index < -0.39 is 6.04 Å². The van der Waals surface area contributed by atoms with Gasteiger partial charge in [-0.2, -0.15) is 0 Å². The molecule has 23 heavy (non-hydrogen) atoms. The summed E-state index contributed by atoms with van der Waals surface area (Å²) in [7, 11) is 3.60. The molecular weight excluding hydrogens is 314 g/mol. The molecule has 0 heterocycles. The fourth-order valence-electron chi connectivity index (χ4n) is 2.19. The normalized spacial score (nSPS) is 11.6. The molecule has 1 unspecified atom stereocenters. The Morgan fingerprint density at radius 1 is 1.22 bits per heavy atom. The second-order valence-corrected chi connectivity index (χ2v) is 5.87. The van der Waals surface area contributed by atoms with E-state index >= 15 is 0 Å². The van der Waals surface area contributed by atoms with Gasteiger partial charge in [0.2, 0.25) is 5.91 Å². The van der Waals surface area contributed by atoms with Crippen molar-refractivity contribution >= 4 is 24.2 Å². The average Bonchev–Trinajstić information content (AvgIpc) is 2.49. The van der Waals surface area contributed by atoms with Crippen LogP contribution >= 0.6 is 12.4 Å². The lowest BCUT2D eigenvalue weighted by Crippen LogP contribution is -2.51. The van der Waals surface area contributed by atoms with E-state index in [1.54, 1.807) is 18.0 Å². The lowest BCUT2D eigenvalue weighted by atomic mass is 10.0. The number of hydrogen-bond acceptors (Lipinski definition) is 3. The molecule has 0 fully saturated rings. The molecule has 2 N–H and O–H groups in total. The van der Waals surface area contributed by atoms with Crippen LogP contribution in [0.4, 0.5) is 0 Å². The molecule has 0 spiro atoms. The second kappa shape index (κ2) is 10.2. The molecule has 0 saturated heterocycles. The standard InChI is InChI=1S/C17H27N3O2.ClH/c1-12(2)15(17(22)20(5)11-10-18-4)19-16(21)14-9-7-6-8-13(14)3;/h6-9,12,15,18H,10-11H2,1-5H3,(H,19,21);1H. The zero-order chi connectivity index (χ0) is 16.7. The van der Waals surface area contributed by atoms with Gasteiger partial charge in [-0.25, -0.2) is 0 Å². The minimum atomic E-state index is -0.519. The lowest BCUT2D eigenvalue weighted by Gasteiger charge is -2.27. The van der Waals surface area contributed by atoms with Gasteiger partial charge in [-0.1, -0.05) is 32.0 Å². The van der Waals surface area contributed by atoms with Crippen LogP contribution < -0.4 is 10.6 Å². The molecule has 1 atom stereocenters. The van der Waals surface area contributed by atoms with Crippen LogP contribution in [-0.2, 0) is 4.79 Å². The zero-order valence-corrected chi connectivity index (χ0v) is 15.4. The van der Waals surface area contributed by atoms with Gasteiger partial charge in [0.1, 0.15) is 6.04 Å². The molecule has 0 aromatic heterocycles. The fourth-order valence-corrected chi connectivity index (χ4v) is 2.19. The Hall–Kier alpha value is -1.59. The van der Waals surface area contributed by atoms with Crippen molar-refractivity contribution in [3.8, 4) is 0 Å². The van der Waals surface area contributed by atoms with Crippen molar-refractivity contribution < 1.29 is 9.59 Å². The van der Waals surface area contributed by atoms with E-state index in [0.717, 1.165) is 12.1 Å². The number of benzene rings is 1. The first-order chi connectivity index (χ1) is 10.4. The number of rotatable bonds is 7. The highest BCUT2D eigenvalue weighted by Crippen LogP contribution is 2.10. The van der Waals surface area contributed by atoms with Gasteiger partial charge < -0.3 is 15.5 Å². The topological polar surface area (TPSA) is 61.4 Å². The highest BCUT2D eigenvalue weighted by Gasteiger charge is 2.27. The van der Waals surface area contributed by atoms with Crippen molar-refractivity contribution in [2.45, 2.75) is 26.8 Å². The maximum absolute atomic E-state index is 12.5. The Morgan fingerprint density at radius 3 is 2.35 bits per heavy atom. The van der Waals surface area contributed by atoms with Gasteiger partial charge in [-0.15, -0.1) is 12.4 Å².